The quantitative estimate of drug-likeness (QED) is 0.494. The molecule has 0 N–H and O–H groups in total. The van der Waals surface area contributed by atoms with E-state index in [-0.39, 0.29) is 20.8 Å². The maximum atomic E-state index is 10.3. The van der Waals surface area contributed by atoms with Crippen molar-refractivity contribution >= 4 is 5.91 Å². The fourth-order valence-corrected chi connectivity index (χ4v) is 0.183. The molecule has 0 aromatic carbocycles. The van der Waals surface area contributed by atoms with Crippen molar-refractivity contribution in [2.24, 2.45) is 0 Å². The maximum absolute atomic E-state index is 10.3. The lowest BCUT2D eigenvalue weighted by molar-refractivity contribution is -0.123. The minimum absolute atomic E-state index is 0. The SMILES string of the molecule is C.C.C=CC(=O)N(C)C. The van der Waals surface area contributed by atoms with Gasteiger partial charge in [0.25, 0.3) is 0 Å². The van der Waals surface area contributed by atoms with E-state index in [0.29, 0.717) is 0 Å². The molecule has 2 nitrogen and oxygen atoms in total. The van der Waals surface area contributed by atoms with Gasteiger partial charge in [-0.1, -0.05) is 21.4 Å². The average molecular weight is 131 g/mol. The van der Waals surface area contributed by atoms with Gasteiger partial charge in [0.2, 0.25) is 5.91 Å². The van der Waals surface area contributed by atoms with Crippen molar-refractivity contribution in [3.63, 3.8) is 0 Å². The third-order valence-corrected chi connectivity index (χ3v) is 0.615. The second kappa shape index (κ2) is 7.21. The van der Waals surface area contributed by atoms with Crippen LogP contribution in [0.1, 0.15) is 14.9 Å². The first-order valence-corrected chi connectivity index (χ1v) is 2.02. The molecular weight excluding hydrogens is 114 g/mol. The van der Waals surface area contributed by atoms with Gasteiger partial charge in [0.15, 0.2) is 0 Å². The molecular formula is C7H17NO. The van der Waals surface area contributed by atoms with Crippen molar-refractivity contribution in [1.82, 2.24) is 4.90 Å². The van der Waals surface area contributed by atoms with E-state index in [4.69, 9.17) is 0 Å². The minimum atomic E-state index is -0.0556. The summed E-state index contributed by atoms with van der Waals surface area (Å²) in [5, 5.41) is 0. The fourth-order valence-electron chi connectivity index (χ4n) is 0.183. The number of hydrogen-bond acceptors (Lipinski definition) is 1. The largest absolute Gasteiger partial charge is 0.345 e. The highest BCUT2D eigenvalue weighted by Crippen LogP contribution is 1.74. The van der Waals surface area contributed by atoms with Crippen LogP contribution >= 0.6 is 0 Å². The monoisotopic (exact) mass is 131 g/mol. The Kier molecular flexibility index (Phi) is 12.6. The first-order valence-electron chi connectivity index (χ1n) is 2.02. The zero-order chi connectivity index (χ0) is 5.86. The molecule has 0 atom stereocenters. The second-order valence-electron chi connectivity index (χ2n) is 1.44. The Labute approximate surface area is 58.2 Å². The fraction of sp³-hybridized carbons (Fsp3) is 0.571. The molecule has 0 bridgehead atoms. The standard InChI is InChI=1S/C5H9NO.2CH4/c1-4-5(7)6(2)3;;/h4H,1H2,2-3H3;2*1H4. The molecule has 0 saturated carbocycles. The number of carbonyl (C=O) groups is 1. The van der Waals surface area contributed by atoms with Crippen LogP contribution < -0.4 is 0 Å². The zero-order valence-electron chi connectivity index (χ0n) is 4.64. The molecule has 0 spiro atoms. The Balaban J connectivity index is -0.000000180. The summed E-state index contributed by atoms with van der Waals surface area (Å²) in [4.78, 5) is 11.8. The van der Waals surface area contributed by atoms with E-state index in [1.807, 2.05) is 0 Å². The average Bonchev–Trinajstić information content (AvgIpc) is 1.65. The summed E-state index contributed by atoms with van der Waals surface area (Å²) in [6, 6.07) is 0. The molecule has 56 valence electrons. The van der Waals surface area contributed by atoms with Gasteiger partial charge in [0.05, 0.1) is 0 Å². The number of likely N-dealkylation sites (N-methyl/N-ethyl adjacent to an activating group) is 1. The van der Waals surface area contributed by atoms with Crippen LogP contribution in [-0.2, 0) is 4.79 Å². The van der Waals surface area contributed by atoms with Gasteiger partial charge in [0.1, 0.15) is 0 Å². The molecule has 1 amide bonds. The molecule has 0 aromatic heterocycles. The Hall–Kier alpha value is -0.790. The molecule has 0 radical (unpaired) electrons. The van der Waals surface area contributed by atoms with Crippen LogP contribution in [0.3, 0.4) is 0 Å². The lowest BCUT2D eigenvalue weighted by Crippen LogP contribution is -2.18. The van der Waals surface area contributed by atoms with E-state index in [1.54, 1.807) is 14.1 Å². The third kappa shape index (κ3) is 7.21. The molecule has 0 aliphatic carbocycles. The maximum Gasteiger partial charge on any atom is 0.245 e. The van der Waals surface area contributed by atoms with E-state index in [2.05, 4.69) is 6.58 Å². The summed E-state index contributed by atoms with van der Waals surface area (Å²) in [5.41, 5.74) is 0. The zero-order valence-corrected chi connectivity index (χ0v) is 4.64. The van der Waals surface area contributed by atoms with E-state index < -0.39 is 0 Å². The van der Waals surface area contributed by atoms with Gasteiger partial charge in [-0.3, -0.25) is 4.79 Å². The van der Waals surface area contributed by atoms with E-state index in [9.17, 15) is 4.79 Å². The second-order valence-corrected chi connectivity index (χ2v) is 1.44. The number of nitrogens with zero attached hydrogens (tertiary/aromatic N) is 1. The van der Waals surface area contributed by atoms with Gasteiger partial charge in [-0.15, -0.1) is 0 Å². The number of carbonyl (C=O) groups excluding carboxylic acids is 1. The molecule has 0 fully saturated rings. The third-order valence-electron chi connectivity index (χ3n) is 0.615. The van der Waals surface area contributed by atoms with Crippen molar-refractivity contribution < 1.29 is 4.79 Å². The van der Waals surface area contributed by atoms with Crippen molar-refractivity contribution in [3.8, 4) is 0 Å². The molecule has 0 rings (SSSR count). The normalized spacial score (nSPS) is 6.00. The number of amides is 1. The summed E-state index contributed by atoms with van der Waals surface area (Å²) < 4.78 is 0. The predicted octanol–water partition coefficient (Wildman–Crippen LogP) is 1.53. The van der Waals surface area contributed by atoms with Gasteiger partial charge < -0.3 is 4.90 Å². The van der Waals surface area contributed by atoms with Gasteiger partial charge in [-0.2, -0.15) is 0 Å². The lowest BCUT2D eigenvalue weighted by atomic mass is 10.5. The van der Waals surface area contributed by atoms with Crippen LogP contribution in [0.15, 0.2) is 12.7 Å². The molecule has 9 heavy (non-hydrogen) atoms. The van der Waals surface area contributed by atoms with Crippen LogP contribution in [-0.4, -0.2) is 24.9 Å². The highest BCUT2D eigenvalue weighted by Gasteiger charge is 1.91. The number of rotatable bonds is 1. The Morgan fingerprint density at radius 3 is 1.78 bits per heavy atom. The highest BCUT2D eigenvalue weighted by atomic mass is 16.2. The number of hydrogen-bond donors (Lipinski definition) is 0. The van der Waals surface area contributed by atoms with Crippen LogP contribution in [0.25, 0.3) is 0 Å². The highest BCUT2D eigenvalue weighted by molar-refractivity contribution is 5.86. The minimum Gasteiger partial charge on any atom is -0.345 e. The summed E-state index contributed by atoms with van der Waals surface area (Å²) >= 11 is 0. The molecule has 0 aromatic rings. The van der Waals surface area contributed by atoms with Crippen LogP contribution in [0.5, 0.6) is 0 Å². The van der Waals surface area contributed by atoms with Crippen LogP contribution in [0.4, 0.5) is 0 Å². The molecule has 0 heterocycles. The summed E-state index contributed by atoms with van der Waals surface area (Å²) in [7, 11) is 3.37. The van der Waals surface area contributed by atoms with Crippen molar-refractivity contribution in [1.29, 1.82) is 0 Å². The van der Waals surface area contributed by atoms with E-state index in [1.165, 1.54) is 11.0 Å². The summed E-state index contributed by atoms with van der Waals surface area (Å²) in [6.45, 7) is 3.29. The predicted molar refractivity (Wildman–Crippen MR) is 42.4 cm³/mol. The first-order chi connectivity index (χ1) is 3.18. The molecule has 0 unspecified atom stereocenters. The van der Waals surface area contributed by atoms with Crippen molar-refractivity contribution in [2.45, 2.75) is 14.9 Å². The Morgan fingerprint density at radius 2 is 1.78 bits per heavy atom. The lowest BCUT2D eigenvalue weighted by Gasteiger charge is -2.03. The molecule has 0 aliphatic rings. The molecule has 0 aliphatic heterocycles. The van der Waals surface area contributed by atoms with E-state index >= 15 is 0 Å². The smallest absolute Gasteiger partial charge is 0.245 e. The van der Waals surface area contributed by atoms with Gasteiger partial charge in [-0.25, -0.2) is 0 Å². The van der Waals surface area contributed by atoms with Gasteiger partial charge in [0, 0.05) is 14.1 Å². The Morgan fingerprint density at radius 1 is 1.44 bits per heavy atom. The van der Waals surface area contributed by atoms with Crippen molar-refractivity contribution in [3.05, 3.63) is 12.7 Å². The van der Waals surface area contributed by atoms with Crippen molar-refractivity contribution in [2.75, 3.05) is 14.1 Å². The molecule has 0 saturated heterocycles. The topological polar surface area (TPSA) is 20.3 Å². The molecule has 2 heteroatoms. The van der Waals surface area contributed by atoms with Crippen LogP contribution in [0.2, 0.25) is 0 Å². The van der Waals surface area contributed by atoms with Gasteiger partial charge in [-0.05, 0) is 6.08 Å². The van der Waals surface area contributed by atoms with E-state index in [0.717, 1.165) is 0 Å². The summed E-state index contributed by atoms with van der Waals surface area (Å²) in [6.07, 6.45) is 1.28. The first kappa shape index (κ1) is 15.7. The summed E-state index contributed by atoms with van der Waals surface area (Å²) in [5.74, 6) is -0.0556. The van der Waals surface area contributed by atoms with Gasteiger partial charge >= 0.3 is 0 Å². The van der Waals surface area contributed by atoms with Crippen LogP contribution in [0, 0.1) is 0 Å². The Bertz CT molecular complexity index is 86.9.